The molecular weight excluding hydrogens is 198 g/mol. The Kier molecular flexibility index (Phi) is 3.41. The highest BCUT2D eigenvalue weighted by Gasteiger charge is 2.10. The Labute approximate surface area is 86.4 Å². The minimum atomic E-state index is -1.13. The molecule has 15 heavy (non-hydrogen) atoms. The maximum Gasteiger partial charge on any atom is 0.335 e. The fourth-order valence-corrected chi connectivity index (χ4v) is 1.25. The maximum absolute atomic E-state index is 10.7. The molecule has 0 aliphatic heterocycles. The zero-order valence-electron chi connectivity index (χ0n) is 8.15. The predicted molar refractivity (Wildman–Crippen MR) is 53.1 cm³/mol. The molecule has 80 valence electrons. The van der Waals surface area contributed by atoms with E-state index >= 15 is 0 Å². The van der Waals surface area contributed by atoms with Crippen molar-refractivity contribution in [1.29, 1.82) is 0 Å². The molecule has 0 fully saturated rings. The SMILES string of the molecule is CNCc1cc(C(=O)O)cc(C(=O)O)c1. The van der Waals surface area contributed by atoms with Crippen molar-refractivity contribution in [2.45, 2.75) is 6.54 Å². The molecule has 0 radical (unpaired) electrons. The molecule has 0 bridgehead atoms. The molecule has 5 nitrogen and oxygen atoms in total. The average molecular weight is 209 g/mol. The van der Waals surface area contributed by atoms with Gasteiger partial charge >= 0.3 is 11.9 Å². The molecule has 0 saturated carbocycles. The highest BCUT2D eigenvalue weighted by atomic mass is 16.4. The van der Waals surface area contributed by atoms with Crippen molar-refractivity contribution in [3.05, 3.63) is 34.9 Å². The molecule has 0 spiro atoms. The van der Waals surface area contributed by atoms with Crippen LogP contribution in [0.15, 0.2) is 18.2 Å². The molecule has 0 aliphatic rings. The smallest absolute Gasteiger partial charge is 0.335 e. The molecule has 0 heterocycles. The monoisotopic (exact) mass is 209 g/mol. The summed E-state index contributed by atoms with van der Waals surface area (Å²) in [5.74, 6) is -2.26. The Morgan fingerprint density at radius 2 is 1.60 bits per heavy atom. The first kappa shape index (κ1) is 11.2. The molecule has 0 unspecified atom stereocenters. The van der Waals surface area contributed by atoms with E-state index in [1.165, 1.54) is 12.1 Å². The highest BCUT2D eigenvalue weighted by Crippen LogP contribution is 2.10. The number of aromatic carboxylic acids is 2. The van der Waals surface area contributed by atoms with Crippen LogP contribution in [-0.4, -0.2) is 29.2 Å². The number of carbonyl (C=O) groups is 2. The summed E-state index contributed by atoms with van der Waals surface area (Å²) in [5.41, 5.74) is 0.607. The zero-order valence-corrected chi connectivity index (χ0v) is 8.15. The van der Waals surface area contributed by atoms with Gasteiger partial charge in [-0.3, -0.25) is 0 Å². The van der Waals surface area contributed by atoms with Crippen molar-refractivity contribution in [2.24, 2.45) is 0 Å². The van der Waals surface area contributed by atoms with Gasteiger partial charge in [0.05, 0.1) is 11.1 Å². The van der Waals surface area contributed by atoms with Crippen LogP contribution in [0.4, 0.5) is 0 Å². The molecule has 1 rings (SSSR count). The van der Waals surface area contributed by atoms with Gasteiger partial charge in [0.25, 0.3) is 0 Å². The number of hydrogen-bond acceptors (Lipinski definition) is 3. The first-order valence-electron chi connectivity index (χ1n) is 4.29. The lowest BCUT2D eigenvalue weighted by Crippen LogP contribution is -2.09. The number of nitrogens with one attached hydrogen (secondary N) is 1. The number of hydrogen-bond donors (Lipinski definition) is 3. The fraction of sp³-hybridized carbons (Fsp3) is 0.200. The molecule has 0 saturated heterocycles. The van der Waals surface area contributed by atoms with E-state index < -0.39 is 11.9 Å². The molecule has 0 aromatic heterocycles. The van der Waals surface area contributed by atoms with E-state index in [-0.39, 0.29) is 11.1 Å². The van der Waals surface area contributed by atoms with Gasteiger partial charge in [-0.1, -0.05) is 0 Å². The summed E-state index contributed by atoms with van der Waals surface area (Å²) in [7, 11) is 1.70. The van der Waals surface area contributed by atoms with E-state index in [4.69, 9.17) is 10.2 Å². The van der Waals surface area contributed by atoms with Gasteiger partial charge in [0.15, 0.2) is 0 Å². The second-order valence-corrected chi connectivity index (χ2v) is 3.06. The van der Waals surface area contributed by atoms with Crippen LogP contribution in [0.2, 0.25) is 0 Å². The Morgan fingerprint density at radius 1 is 1.13 bits per heavy atom. The second-order valence-electron chi connectivity index (χ2n) is 3.06. The molecule has 0 atom stereocenters. The van der Waals surface area contributed by atoms with E-state index in [2.05, 4.69) is 5.32 Å². The van der Waals surface area contributed by atoms with Crippen LogP contribution >= 0.6 is 0 Å². The Bertz CT molecular complexity index is 368. The molecule has 3 N–H and O–H groups in total. The zero-order chi connectivity index (χ0) is 11.4. The van der Waals surface area contributed by atoms with Gasteiger partial charge in [-0.15, -0.1) is 0 Å². The van der Waals surface area contributed by atoms with Crippen LogP contribution in [0.3, 0.4) is 0 Å². The molecule has 1 aromatic carbocycles. The average Bonchev–Trinajstić information content (AvgIpc) is 2.17. The summed E-state index contributed by atoms with van der Waals surface area (Å²) >= 11 is 0. The van der Waals surface area contributed by atoms with E-state index in [1.807, 2.05) is 0 Å². The summed E-state index contributed by atoms with van der Waals surface area (Å²) < 4.78 is 0. The van der Waals surface area contributed by atoms with E-state index in [0.717, 1.165) is 6.07 Å². The Hall–Kier alpha value is -1.88. The van der Waals surface area contributed by atoms with E-state index in [1.54, 1.807) is 7.05 Å². The van der Waals surface area contributed by atoms with Crippen LogP contribution in [0, 0.1) is 0 Å². The standard InChI is InChI=1S/C10H11NO4/c1-11-5-6-2-7(9(12)13)4-8(3-6)10(14)15/h2-4,11H,5H2,1H3,(H,12,13)(H,14,15). The maximum atomic E-state index is 10.7. The molecule has 0 amide bonds. The van der Waals surface area contributed by atoms with Gasteiger partial charge in [0.2, 0.25) is 0 Å². The first-order chi connectivity index (χ1) is 7.04. The fourth-order valence-electron chi connectivity index (χ4n) is 1.25. The van der Waals surface area contributed by atoms with E-state index in [9.17, 15) is 9.59 Å². The van der Waals surface area contributed by atoms with Crippen LogP contribution in [-0.2, 0) is 6.54 Å². The summed E-state index contributed by atoms with van der Waals surface area (Å²) in [6, 6.07) is 4.04. The highest BCUT2D eigenvalue weighted by molar-refractivity contribution is 5.94. The summed E-state index contributed by atoms with van der Waals surface area (Å²) in [5, 5.41) is 20.4. The van der Waals surface area contributed by atoms with E-state index in [0.29, 0.717) is 12.1 Å². The van der Waals surface area contributed by atoms with Crippen LogP contribution < -0.4 is 5.32 Å². The lowest BCUT2D eigenvalue weighted by atomic mass is 10.1. The van der Waals surface area contributed by atoms with Crippen LogP contribution in [0.25, 0.3) is 0 Å². The van der Waals surface area contributed by atoms with Gasteiger partial charge in [0, 0.05) is 6.54 Å². The number of benzene rings is 1. The Morgan fingerprint density at radius 3 is 1.93 bits per heavy atom. The molecule has 5 heteroatoms. The van der Waals surface area contributed by atoms with Gasteiger partial charge in [-0.25, -0.2) is 9.59 Å². The third-order valence-corrected chi connectivity index (χ3v) is 1.87. The van der Waals surface area contributed by atoms with Crippen molar-refractivity contribution in [2.75, 3.05) is 7.05 Å². The molecular formula is C10H11NO4. The minimum Gasteiger partial charge on any atom is -0.478 e. The summed E-state index contributed by atoms with van der Waals surface area (Å²) in [6.07, 6.45) is 0. The van der Waals surface area contributed by atoms with Crippen LogP contribution in [0.1, 0.15) is 26.3 Å². The number of rotatable bonds is 4. The number of carboxylic acid groups (broad SMARTS) is 2. The number of carboxylic acids is 2. The lowest BCUT2D eigenvalue weighted by Gasteiger charge is -2.04. The third kappa shape index (κ3) is 2.78. The van der Waals surface area contributed by atoms with Gasteiger partial charge in [-0.2, -0.15) is 0 Å². The first-order valence-corrected chi connectivity index (χ1v) is 4.29. The van der Waals surface area contributed by atoms with Crippen molar-refractivity contribution < 1.29 is 19.8 Å². The summed E-state index contributed by atoms with van der Waals surface area (Å²) in [4.78, 5) is 21.4. The quantitative estimate of drug-likeness (QED) is 0.682. The predicted octanol–water partition coefficient (Wildman–Crippen LogP) is 0.802. The van der Waals surface area contributed by atoms with Gasteiger partial charge in [0.1, 0.15) is 0 Å². The van der Waals surface area contributed by atoms with Gasteiger partial charge < -0.3 is 15.5 Å². The third-order valence-electron chi connectivity index (χ3n) is 1.87. The molecule has 0 aliphatic carbocycles. The van der Waals surface area contributed by atoms with Crippen molar-refractivity contribution in [1.82, 2.24) is 5.32 Å². The van der Waals surface area contributed by atoms with Crippen LogP contribution in [0.5, 0.6) is 0 Å². The van der Waals surface area contributed by atoms with Gasteiger partial charge in [-0.05, 0) is 30.8 Å². The molecule has 1 aromatic rings. The summed E-state index contributed by atoms with van der Waals surface area (Å²) in [6.45, 7) is 0.432. The van der Waals surface area contributed by atoms with Crippen molar-refractivity contribution >= 4 is 11.9 Å². The topological polar surface area (TPSA) is 86.6 Å². The lowest BCUT2D eigenvalue weighted by molar-refractivity contribution is 0.0696. The normalized spacial score (nSPS) is 9.93. The Balaban J connectivity index is 3.19. The second kappa shape index (κ2) is 4.56. The minimum absolute atomic E-state index is 0.0137. The van der Waals surface area contributed by atoms with Crippen molar-refractivity contribution in [3.8, 4) is 0 Å². The largest absolute Gasteiger partial charge is 0.478 e. The van der Waals surface area contributed by atoms with Crippen molar-refractivity contribution in [3.63, 3.8) is 0 Å².